The van der Waals surface area contributed by atoms with Crippen molar-refractivity contribution in [3.63, 3.8) is 0 Å². The van der Waals surface area contributed by atoms with Gasteiger partial charge in [0, 0.05) is 12.6 Å². The first-order valence-corrected chi connectivity index (χ1v) is 6.29. The average Bonchev–Trinajstić information content (AvgIpc) is 2.82. The summed E-state index contributed by atoms with van der Waals surface area (Å²) >= 11 is 0. The summed E-state index contributed by atoms with van der Waals surface area (Å²) in [5.41, 5.74) is 0.687. The predicted octanol–water partition coefficient (Wildman–Crippen LogP) is 2.15. The first-order chi connectivity index (χ1) is 6.85. The van der Waals surface area contributed by atoms with E-state index in [0.717, 1.165) is 12.6 Å². The van der Waals surface area contributed by atoms with Crippen LogP contribution in [0.15, 0.2) is 0 Å². The molecular formula is C12H26N2. The van der Waals surface area contributed by atoms with Crippen LogP contribution in [0.4, 0.5) is 0 Å². The van der Waals surface area contributed by atoms with Crippen LogP contribution in [-0.4, -0.2) is 25.7 Å². The van der Waals surface area contributed by atoms with Gasteiger partial charge in [-0.25, -0.2) is 0 Å². The highest BCUT2D eigenvalue weighted by Crippen LogP contribution is 2.42. The Labute approximate surface area is 88.8 Å². The fourth-order valence-corrected chi connectivity index (χ4v) is 2.85. The third-order valence-corrected chi connectivity index (χ3v) is 3.53. The van der Waals surface area contributed by atoms with E-state index in [2.05, 4.69) is 17.6 Å². The van der Waals surface area contributed by atoms with E-state index in [0.29, 0.717) is 5.41 Å². The molecule has 1 saturated carbocycles. The molecule has 0 aromatic carbocycles. The molecule has 0 aromatic heterocycles. The van der Waals surface area contributed by atoms with Gasteiger partial charge in [-0.15, -0.1) is 0 Å². The van der Waals surface area contributed by atoms with Gasteiger partial charge in [0.25, 0.3) is 0 Å². The van der Waals surface area contributed by atoms with Crippen LogP contribution in [0.2, 0.25) is 0 Å². The van der Waals surface area contributed by atoms with Gasteiger partial charge in [-0.1, -0.05) is 20.8 Å². The minimum absolute atomic E-state index is 0.687. The summed E-state index contributed by atoms with van der Waals surface area (Å²) in [4.78, 5) is 0. The lowest BCUT2D eigenvalue weighted by molar-refractivity contribution is 0.324. The van der Waals surface area contributed by atoms with Crippen LogP contribution in [0, 0.1) is 5.41 Å². The van der Waals surface area contributed by atoms with Gasteiger partial charge in [0.1, 0.15) is 0 Å². The molecule has 84 valence electrons. The first-order valence-electron chi connectivity index (χ1n) is 6.29. The van der Waals surface area contributed by atoms with Crippen molar-refractivity contribution in [2.75, 3.05) is 19.6 Å². The minimum Gasteiger partial charge on any atom is -0.316 e. The van der Waals surface area contributed by atoms with Crippen LogP contribution < -0.4 is 10.6 Å². The van der Waals surface area contributed by atoms with Gasteiger partial charge < -0.3 is 10.6 Å². The number of hydrogen-bond donors (Lipinski definition) is 2. The molecule has 2 N–H and O–H groups in total. The predicted molar refractivity (Wildman–Crippen MR) is 62.6 cm³/mol. The molecule has 1 saturated heterocycles. The van der Waals surface area contributed by atoms with Crippen LogP contribution in [-0.2, 0) is 0 Å². The molecule has 2 fully saturated rings. The maximum absolute atomic E-state index is 3.57. The van der Waals surface area contributed by atoms with Gasteiger partial charge >= 0.3 is 0 Å². The molecule has 0 aromatic rings. The van der Waals surface area contributed by atoms with E-state index in [1.165, 1.54) is 38.8 Å². The van der Waals surface area contributed by atoms with Crippen molar-refractivity contribution >= 4 is 0 Å². The molecule has 1 aliphatic heterocycles. The van der Waals surface area contributed by atoms with Gasteiger partial charge in [-0.3, -0.25) is 0 Å². The van der Waals surface area contributed by atoms with Crippen molar-refractivity contribution in [1.29, 1.82) is 0 Å². The summed E-state index contributed by atoms with van der Waals surface area (Å²) in [6, 6.07) is 0.815. The SMILES string of the molecule is CC.CCNC1CCC2(CCNC2)C1. The van der Waals surface area contributed by atoms with E-state index in [4.69, 9.17) is 0 Å². The maximum Gasteiger partial charge on any atom is 0.00729 e. The molecule has 2 atom stereocenters. The van der Waals surface area contributed by atoms with E-state index in [9.17, 15) is 0 Å². The Morgan fingerprint density at radius 3 is 2.71 bits per heavy atom. The Balaban J connectivity index is 0.000000461. The maximum atomic E-state index is 3.57. The molecule has 0 radical (unpaired) electrons. The lowest BCUT2D eigenvalue weighted by atomic mass is 9.85. The van der Waals surface area contributed by atoms with Crippen LogP contribution in [0.25, 0.3) is 0 Å². The Morgan fingerprint density at radius 2 is 2.14 bits per heavy atom. The van der Waals surface area contributed by atoms with Crippen molar-refractivity contribution in [2.45, 2.75) is 52.5 Å². The van der Waals surface area contributed by atoms with E-state index in [1.807, 2.05) is 13.8 Å². The minimum atomic E-state index is 0.687. The quantitative estimate of drug-likeness (QED) is 0.710. The van der Waals surface area contributed by atoms with Crippen molar-refractivity contribution < 1.29 is 0 Å². The Bertz CT molecular complexity index is 150. The zero-order valence-electron chi connectivity index (χ0n) is 10.0. The third kappa shape index (κ3) is 2.71. The fourth-order valence-electron chi connectivity index (χ4n) is 2.85. The molecule has 1 spiro atoms. The molecule has 2 aliphatic rings. The Morgan fingerprint density at radius 1 is 1.36 bits per heavy atom. The van der Waals surface area contributed by atoms with Crippen molar-refractivity contribution in [2.24, 2.45) is 5.41 Å². The van der Waals surface area contributed by atoms with Crippen LogP contribution in [0.1, 0.15) is 46.5 Å². The summed E-state index contributed by atoms with van der Waals surface area (Å²) in [7, 11) is 0. The van der Waals surface area contributed by atoms with E-state index in [-0.39, 0.29) is 0 Å². The highest BCUT2D eigenvalue weighted by atomic mass is 15.0. The van der Waals surface area contributed by atoms with Crippen molar-refractivity contribution in [1.82, 2.24) is 10.6 Å². The third-order valence-electron chi connectivity index (χ3n) is 3.53. The Hall–Kier alpha value is -0.0800. The molecule has 2 heteroatoms. The second kappa shape index (κ2) is 5.72. The smallest absolute Gasteiger partial charge is 0.00729 e. The fraction of sp³-hybridized carbons (Fsp3) is 1.00. The second-order valence-corrected chi connectivity index (χ2v) is 4.42. The molecule has 1 aliphatic carbocycles. The summed E-state index contributed by atoms with van der Waals surface area (Å²) in [6.07, 6.45) is 5.66. The average molecular weight is 198 g/mol. The highest BCUT2D eigenvalue weighted by Gasteiger charge is 2.40. The standard InChI is InChI=1S/C10H20N2.C2H6/c1-2-12-9-3-4-10(7-9)5-6-11-8-10;1-2/h9,11-12H,2-8H2,1H3;1-2H3. The van der Waals surface area contributed by atoms with Crippen molar-refractivity contribution in [3.8, 4) is 0 Å². The summed E-state index contributed by atoms with van der Waals surface area (Å²) in [6.45, 7) is 9.86. The molecule has 2 nitrogen and oxygen atoms in total. The van der Waals surface area contributed by atoms with E-state index >= 15 is 0 Å². The molecule has 1 heterocycles. The molecule has 14 heavy (non-hydrogen) atoms. The normalized spacial score (nSPS) is 35.8. The molecule has 0 amide bonds. The monoisotopic (exact) mass is 198 g/mol. The van der Waals surface area contributed by atoms with E-state index in [1.54, 1.807) is 0 Å². The number of rotatable bonds is 2. The van der Waals surface area contributed by atoms with Crippen molar-refractivity contribution in [3.05, 3.63) is 0 Å². The number of nitrogens with one attached hydrogen (secondary N) is 2. The van der Waals surface area contributed by atoms with Gasteiger partial charge in [-0.2, -0.15) is 0 Å². The van der Waals surface area contributed by atoms with Gasteiger partial charge in [-0.05, 0) is 44.2 Å². The Kier molecular flexibility index (Phi) is 4.90. The van der Waals surface area contributed by atoms with Crippen LogP contribution >= 0.6 is 0 Å². The van der Waals surface area contributed by atoms with Crippen LogP contribution in [0.3, 0.4) is 0 Å². The summed E-state index contributed by atoms with van der Waals surface area (Å²) < 4.78 is 0. The topological polar surface area (TPSA) is 24.1 Å². The molecule has 2 rings (SSSR count). The largest absolute Gasteiger partial charge is 0.316 e. The molecule has 2 unspecified atom stereocenters. The molecule has 0 bridgehead atoms. The van der Waals surface area contributed by atoms with Gasteiger partial charge in [0.2, 0.25) is 0 Å². The second-order valence-electron chi connectivity index (χ2n) is 4.42. The summed E-state index contributed by atoms with van der Waals surface area (Å²) in [5.74, 6) is 0. The number of hydrogen-bond acceptors (Lipinski definition) is 2. The van der Waals surface area contributed by atoms with Gasteiger partial charge in [0.05, 0.1) is 0 Å². The summed E-state index contributed by atoms with van der Waals surface area (Å²) in [5, 5.41) is 7.06. The van der Waals surface area contributed by atoms with Gasteiger partial charge in [0.15, 0.2) is 0 Å². The zero-order chi connectivity index (χ0) is 10.4. The lowest BCUT2D eigenvalue weighted by Gasteiger charge is -2.21. The first kappa shape index (κ1) is 12.0. The van der Waals surface area contributed by atoms with Crippen LogP contribution in [0.5, 0.6) is 0 Å². The van der Waals surface area contributed by atoms with E-state index < -0.39 is 0 Å². The zero-order valence-corrected chi connectivity index (χ0v) is 10.0. The lowest BCUT2D eigenvalue weighted by Crippen LogP contribution is -2.29. The molecular weight excluding hydrogens is 172 g/mol. The highest BCUT2D eigenvalue weighted by molar-refractivity contribution is 4.96.